The van der Waals surface area contributed by atoms with Crippen molar-refractivity contribution in [3.8, 4) is 0 Å². The molecule has 0 nitrogen and oxygen atoms in total. The Bertz CT molecular complexity index is 55.1. The van der Waals surface area contributed by atoms with Crippen LogP contribution in [-0.4, -0.2) is 24.0 Å². The molecule has 2 heteroatoms. The Kier molecular flexibility index (Phi) is 1.93. The molecule has 1 fully saturated rings. The molecule has 2 unspecified atom stereocenters. The summed E-state index contributed by atoms with van der Waals surface area (Å²) in [5.41, 5.74) is 0. The molecule has 0 aliphatic carbocycles. The zero-order valence-corrected chi connectivity index (χ0v) is 6.80. The molecule has 0 aromatic heterocycles. The Morgan fingerprint density at radius 3 is 1.57 bits per heavy atom. The number of hydrogen-bond donors (Lipinski definition) is 2. The first-order valence-corrected chi connectivity index (χ1v) is 7.38. The standard InChI is InChI=1S/C5H14S2/c1-6-4-3-5-7(6)2/h6-7H,3-5H2,1-2H3. The van der Waals surface area contributed by atoms with Crippen molar-refractivity contribution in [1.29, 1.82) is 0 Å². The van der Waals surface area contributed by atoms with E-state index in [9.17, 15) is 0 Å². The molecule has 1 rings (SSSR count). The maximum atomic E-state index is 2.45. The van der Waals surface area contributed by atoms with Gasteiger partial charge in [-0.25, -0.2) is 19.9 Å². The molecule has 0 aromatic rings. The number of rotatable bonds is 0. The van der Waals surface area contributed by atoms with E-state index < -0.39 is 0 Å². The maximum Gasteiger partial charge on any atom is -0.0178 e. The van der Waals surface area contributed by atoms with Crippen molar-refractivity contribution < 1.29 is 0 Å². The van der Waals surface area contributed by atoms with Crippen LogP contribution in [0.2, 0.25) is 0 Å². The van der Waals surface area contributed by atoms with Gasteiger partial charge in [0.2, 0.25) is 0 Å². The molecule has 1 saturated heterocycles. The molecule has 0 bridgehead atoms. The summed E-state index contributed by atoms with van der Waals surface area (Å²) >= 11 is 0. The topological polar surface area (TPSA) is 0 Å². The fourth-order valence-corrected chi connectivity index (χ4v) is 5.93. The molecular formula is C5H14S2. The number of thiol groups is 2. The van der Waals surface area contributed by atoms with E-state index in [1.165, 1.54) is 6.42 Å². The van der Waals surface area contributed by atoms with Gasteiger partial charge in [-0.1, -0.05) is 0 Å². The summed E-state index contributed by atoms with van der Waals surface area (Å²) in [6.07, 6.45) is 6.44. The van der Waals surface area contributed by atoms with Gasteiger partial charge in [0.25, 0.3) is 0 Å². The van der Waals surface area contributed by atoms with Gasteiger partial charge in [-0.15, -0.1) is 0 Å². The van der Waals surface area contributed by atoms with Crippen molar-refractivity contribution in [1.82, 2.24) is 0 Å². The van der Waals surface area contributed by atoms with E-state index in [4.69, 9.17) is 0 Å². The van der Waals surface area contributed by atoms with Crippen molar-refractivity contribution >= 4 is 19.9 Å². The Morgan fingerprint density at radius 1 is 1.00 bits per heavy atom. The van der Waals surface area contributed by atoms with Crippen LogP contribution in [-0.2, 0) is 0 Å². The highest BCUT2D eigenvalue weighted by atomic mass is 33.2. The average molecular weight is 138 g/mol. The highest BCUT2D eigenvalue weighted by Gasteiger charge is 2.10. The van der Waals surface area contributed by atoms with Crippen LogP contribution in [0.1, 0.15) is 6.42 Å². The second kappa shape index (κ2) is 2.31. The predicted molar refractivity (Wildman–Crippen MR) is 44.2 cm³/mol. The van der Waals surface area contributed by atoms with Gasteiger partial charge in [-0.05, 0) is 30.4 Å². The lowest BCUT2D eigenvalue weighted by Gasteiger charge is -2.16. The van der Waals surface area contributed by atoms with E-state index in [0.717, 1.165) is 0 Å². The Hall–Kier alpha value is 0.700. The second-order valence-corrected chi connectivity index (χ2v) is 9.74. The Labute approximate surface area is 50.8 Å². The van der Waals surface area contributed by atoms with Crippen LogP contribution in [0.15, 0.2) is 0 Å². The van der Waals surface area contributed by atoms with Gasteiger partial charge in [0.05, 0.1) is 0 Å². The first-order valence-electron chi connectivity index (χ1n) is 2.73. The van der Waals surface area contributed by atoms with Crippen LogP contribution in [0, 0.1) is 0 Å². The third-order valence-electron chi connectivity index (χ3n) is 1.55. The summed E-state index contributed by atoms with van der Waals surface area (Å²) in [7, 11) is 1.08. The van der Waals surface area contributed by atoms with Crippen molar-refractivity contribution in [2.45, 2.75) is 6.42 Å². The van der Waals surface area contributed by atoms with Crippen LogP contribution in [0.25, 0.3) is 0 Å². The van der Waals surface area contributed by atoms with Crippen molar-refractivity contribution in [2.24, 2.45) is 0 Å². The van der Waals surface area contributed by atoms with Crippen LogP contribution < -0.4 is 0 Å². The van der Waals surface area contributed by atoms with Gasteiger partial charge in [0.15, 0.2) is 0 Å². The minimum atomic E-state index is 0.539. The molecule has 0 saturated carbocycles. The van der Waals surface area contributed by atoms with Crippen LogP contribution in [0.5, 0.6) is 0 Å². The number of hydrogen-bond acceptors (Lipinski definition) is 0. The van der Waals surface area contributed by atoms with Crippen molar-refractivity contribution in [3.63, 3.8) is 0 Å². The molecule has 1 aliphatic heterocycles. The van der Waals surface area contributed by atoms with E-state index in [0.29, 0.717) is 19.9 Å². The fourth-order valence-electron chi connectivity index (χ4n) is 0.870. The molecule has 7 heavy (non-hydrogen) atoms. The molecule has 0 N–H and O–H groups in total. The van der Waals surface area contributed by atoms with Gasteiger partial charge >= 0.3 is 0 Å². The van der Waals surface area contributed by atoms with Crippen LogP contribution in [0.4, 0.5) is 0 Å². The third kappa shape index (κ3) is 1.29. The summed E-state index contributed by atoms with van der Waals surface area (Å²) in [6, 6.07) is 0. The second-order valence-electron chi connectivity index (χ2n) is 2.12. The first-order chi connectivity index (χ1) is 3.30. The zero-order chi connectivity index (χ0) is 5.28. The van der Waals surface area contributed by atoms with E-state index in [1.807, 2.05) is 0 Å². The molecule has 0 radical (unpaired) electrons. The summed E-state index contributed by atoms with van der Waals surface area (Å²) in [4.78, 5) is 0. The summed E-state index contributed by atoms with van der Waals surface area (Å²) in [5, 5.41) is 0. The summed E-state index contributed by atoms with van der Waals surface area (Å²) < 4.78 is 0. The lowest BCUT2D eigenvalue weighted by molar-refractivity contribution is 1.14. The van der Waals surface area contributed by atoms with Crippen LogP contribution >= 0.6 is 19.9 Å². The zero-order valence-electron chi connectivity index (χ0n) is 5.02. The maximum absolute atomic E-state index is 2.45. The molecular weight excluding hydrogens is 124 g/mol. The minimum absolute atomic E-state index is 0.539. The van der Waals surface area contributed by atoms with Gasteiger partial charge in [0, 0.05) is 0 Å². The van der Waals surface area contributed by atoms with E-state index in [2.05, 4.69) is 12.5 Å². The Morgan fingerprint density at radius 2 is 1.43 bits per heavy atom. The third-order valence-corrected chi connectivity index (χ3v) is 9.34. The molecule has 0 spiro atoms. The molecule has 0 amide bonds. The Balaban J connectivity index is 2.33. The SMILES string of the molecule is C[SH]1CCC[SH]1C. The largest absolute Gasteiger partial charge is 0.227 e. The molecule has 1 aliphatic rings. The monoisotopic (exact) mass is 138 g/mol. The fraction of sp³-hybridized carbons (Fsp3) is 1.00. The molecule has 0 aromatic carbocycles. The van der Waals surface area contributed by atoms with Crippen molar-refractivity contribution in [3.05, 3.63) is 0 Å². The first kappa shape index (κ1) is 5.83. The predicted octanol–water partition coefficient (Wildman–Crippen LogP) is 1.57. The normalized spacial score (nSPS) is 52.3. The quantitative estimate of drug-likeness (QED) is 0.368. The molecule has 46 valence electrons. The van der Waals surface area contributed by atoms with Crippen LogP contribution in [0.3, 0.4) is 0 Å². The van der Waals surface area contributed by atoms with Gasteiger partial charge in [-0.2, -0.15) is 0 Å². The van der Waals surface area contributed by atoms with E-state index >= 15 is 0 Å². The molecule has 1 heterocycles. The summed E-state index contributed by atoms with van der Waals surface area (Å²) in [6.45, 7) is 0. The highest BCUT2D eigenvalue weighted by molar-refractivity contribution is 8.92. The molecule has 2 atom stereocenters. The smallest absolute Gasteiger partial charge is 0.0178 e. The minimum Gasteiger partial charge on any atom is -0.227 e. The van der Waals surface area contributed by atoms with E-state index in [1.54, 1.807) is 11.5 Å². The van der Waals surface area contributed by atoms with Crippen molar-refractivity contribution in [2.75, 3.05) is 24.0 Å². The van der Waals surface area contributed by atoms with Gasteiger partial charge in [-0.3, -0.25) is 0 Å². The average Bonchev–Trinajstić information content (AvgIpc) is 1.91. The van der Waals surface area contributed by atoms with Gasteiger partial charge in [0.1, 0.15) is 0 Å². The van der Waals surface area contributed by atoms with Gasteiger partial charge < -0.3 is 0 Å². The highest BCUT2D eigenvalue weighted by Crippen LogP contribution is 2.54. The summed E-state index contributed by atoms with van der Waals surface area (Å²) in [5.74, 6) is 3.13. The van der Waals surface area contributed by atoms with E-state index in [-0.39, 0.29) is 0 Å². The lowest BCUT2D eigenvalue weighted by Crippen LogP contribution is -1.69. The lowest BCUT2D eigenvalue weighted by atomic mass is 10.6.